The maximum atomic E-state index is 12.7. The van der Waals surface area contributed by atoms with Crippen LogP contribution in [0.5, 0.6) is 11.5 Å². The molecule has 3 heteroatoms. The molecule has 0 fully saturated rings. The fourth-order valence-electron chi connectivity index (χ4n) is 3.16. The number of benzene rings is 1. The van der Waals surface area contributed by atoms with Crippen LogP contribution in [0.25, 0.3) is 0 Å². The topological polar surface area (TPSA) is 35.5 Å². The highest BCUT2D eigenvalue weighted by Gasteiger charge is 2.24. The smallest absolute Gasteiger partial charge is 0.166 e. The second-order valence-electron chi connectivity index (χ2n) is 6.45. The highest BCUT2D eigenvalue weighted by molar-refractivity contribution is 5.98. The molecule has 0 saturated heterocycles. The summed E-state index contributed by atoms with van der Waals surface area (Å²) in [5.74, 6) is 1.68. The molecule has 0 saturated carbocycles. The Hall–Kier alpha value is -2.03. The van der Waals surface area contributed by atoms with Crippen LogP contribution in [0, 0.1) is 5.92 Å². The van der Waals surface area contributed by atoms with Gasteiger partial charge in [-0.3, -0.25) is 4.79 Å². The average molecular weight is 344 g/mol. The second kappa shape index (κ2) is 10.8. The van der Waals surface area contributed by atoms with Crippen LogP contribution in [-0.2, 0) is 0 Å². The lowest BCUT2D eigenvalue weighted by Gasteiger charge is -2.22. The summed E-state index contributed by atoms with van der Waals surface area (Å²) in [4.78, 5) is 12.7. The maximum absolute atomic E-state index is 12.7. The Morgan fingerprint density at radius 3 is 2.12 bits per heavy atom. The van der Waals surface area contributed by atoms with E-state index in [-0.39, 0.29) is 17.6 Å². The molecular formula is C22H32O3. The Morgan fingerprint density at radius 2 is 1.68 bits per heavy atom. The van der Waals surface area contributed by atoms with E-state index < -0.39 is 0 Å². The van der Waals surface area contributed by atoms with Crippen molar-refractivity contribution in [1.82, 2.24) is 0 Å². The number of carbonyl (C=O) groups is 1. The minimum atomic E-state index is -0.109. The van der Waals surface area contributed by atoms with Gasteiger partial charge in [0.1, 0.15) is 11.5 Å². The van der Waals surface area contributed by atoms with Crippen LogP contribution in [0.15, 0.2) is 37.4 Å². The van der Waals surface area contributed by atoms with Gasteiger partial charge in [0, 0.05) is 17.0 Å². The van der Waals surface area contributed by atoms with Crippen molar-refractivity contribution < 1.29 is 14.3 Å². The Balaban J connectivity index is 3.36. The number of rotatable bonds is 12. The van der Waals surface area contributed by atoms with Gasteiger partial charge in [-0.25, -0.2) is 0 Å². The molecule has 0 spiro atoms. The summed E-state index contributed by atoms with van der Waals surface area (Å²) in [5.41, 5.74) is 1.66. The predicted octanol–water partition coefficient (Wildman–Crippen LogP) is 5.95. The molecule has 1 aromatic rings. The van der Waals surface area contributed by atoms with Crippen molar-refractivity contribution in [2.45, 2.75) is 51.9 Å². The minimum Gasteiger partial charge on any atom is -0.496 e. The molecule has 2 atom stereocenters. The molecule has 0 aromatic heterocycles. The SMILES string of the molecule is C=CC[C@H](CCCC)c1c(OC)cc(C(=O)[C@@H](C)CC=C)cc1OC. The van der Waals surface area contributed by atoms with E-state index in [1.165, 1.54) is 0 Å². The number of hydrogen-bond donors (Lipinski definition) is 0. The van der Waals surface area contributed by atoms with Gasteiger partial charge < -0.3 is 9.47 Å². The number of unbranched alkanes of at least 4 members (excludes halogenated alkanes) is 1. The van der Waals surface area contributed by atoms with Crippen molar-refractivity contribution >= 4 is 5.78 Å². The number of ketones is 1. The van der Waals surface area contributed by atoms with Crippen LogP contribution in [0.3, 0.4) is 0 Å². The molecule has 1 aromatic carbocycles. The Bertz CT molecular complexity index is 564. The number of allylic oxidation sites excluding steroid dienone is 2. The zero-order valence-corrected chi connectivity index (χ0v) is 16.1. The normalized spacial score (nSPS) is 13.0. The standard InChI is InChI=1S/C22H32O3/c1-7-10-13-17(12-9-3)21-19(24-5)14-18(15-20(21)25-6)22(23)16(4)11-8-2/h8-9,14-17H,2-3,7,10-13H2,1,4-6H3/t16-,17+/m0/s1. The summed E-state index contributed by atoms with van der Waals surface area (Å²) in [6, 6.07) is 3.70. The van der Waals surface area contributed by atoms with Crippen LogP contribution in [0.1, 0.15) is 67.8 Å². The molecule has 0 aliphatic carbocycles. The summed E-state index contributed by atoms with van der Waals surface area (Å²) in [6.45, 7) is 11.7. The van der Waals surface area contributed by atoms with Gasteiger partial charge >= 0.3 is 0 Å². The number of ether oxygens (including phenoxy) is 2. The summed E-state index contributed by atoms with van der Waals surface area (Å²) >= 11 is 0. The number of hydrogen-bond acceptors (Lipinski definition) is 3. The van der Waals surface area contributed by atoms with E-state index in [0.717, 1.165) is 42.7 Å². The van der Waals surface area contributed by atoms with Crippen molar-refractivity contribution in [3.8, 4) is 11.5 Å². The first-order valence-electron chi connectivity index (χ1n) is 9.05. The summed E-state index contributed by atoms with van der Waals surface area (Å²) in [6.07, 6.45) is 8.51. The molecule has 0 heterocycles. The van der Waals surface area contributed by atoms with Gasteiger partial charge in [0.05, 0.1) is 14.2 Å². The Kier molecular flexibility index (Phi) is 9.04. The van der Waals surface area contributed by atoms with Gasteiger partial charge in [-0.05, 0) is 37.3 Å². The molecule has 0 aliphatic rings. The molecule has 0 aliphatic heterocycles. The van der Waals surface area contributed by atoms with E-state index in [9.17, 15) is 4.79 Å². The Morgan fingerprint density at radius 1 is 1.12 bits per heavy atom. The van der Waals surface area contributed by atoms with E-state index >= 15 is 0 Å². The third-order valence-electron chi connectivity index (χ3n) is 4.56. The molecule has 0 amide bonds. The zero-order chi connectivity index (χ0) is 18.8. The zero-order valence-electron chi connectivity index (χ0n) is 16.1. The summed E-state index contributed by atoms with van der Waals surface area (Å²) in [7, 11) is 3.29. The summed E-state index contributed by atoms with van der Waals surface area (Å²) in [5, 5.41) is 0. The highest BCUT2D eigenvalue weighted by Crippen LogP contribution is 2.41. The first kappa shape index (κ1) is 21.0. The molecule has 0 radical (unpaired) electrons. The monoisotopic (exact) mass is 344 g/mol. The molecule has 0 N–H and O–H groups in total. The van der Waals surface area contributed by atoms with Crippen molar-refractivity contribution in [1.29, 1.82) is 0 Å². The lowest BCUT2D eigenvalue weighted by atomic mass is 9.87. The van der Waals surface area contributed by atoms with E-state index in [4.69, 9.17) is 9.47 Å². The Labute approximate surface area is 152 Å². The van der Waals surface area contributed by atoms with E-state index in [0.29, 0.717) is 12.0 Å². The molecule has 0 bridgehead atoms. The lowest BCUT2D eigenvalue weighted by Crippen LogP contribution is -2.12. The van der Waals surface area contributed by atoms with E-state index in [2.05, 4.69) is 20.1 Å². The summed E-state index contributed by atoms with van der Waals surface area (Å²) < 4.78 is 11.3. The quantitative estimate of drug-likeness (QED) is 0.347. The van der Waals surface area contributed by atoms with Crippen LogP contribution in [0.4, 0.5) is 0 Å². The fourth-order valence-corrected chi connectivity index (χ4v) is 3.16. The van der Waals surface area contributed by atoms with Crippen LogP contribution >= 0.6 is 0 Å². The van der Waals surface area contributed by atoms with Crippen LogP contribution < -0.4 is 9.47 Å². The van der Waals surface area contributed by atoms with Crippen molar-refractivity contribution in [3.63, 3.8) is 0 Å². The van der Waals surface area contributed by atoms with E-state index in [1.807, 2.05) is 25.1 Å². The first-order valence-corrected chi connectivity index (χ1v) is 9.05. The maximum Gasteiger partial charge on any atom is 0.166 e. The molecular weight excluding hydrogens is 312 g/mol. The van der Waals surface area contributed by atoms with Gasteiger partial charge in [0.15, 0.2) is 5.78 Å². The van der Waals surface area contributed by atoms with Gasteiger partial charge in [-0.1, -0.05) is 38.8 Å². The number of Topliss-reactive ketones (excluding diaryl/α,β-unsaturated/α-hetero) is 1. The molecule has 1 rings (SSSR count). The molecule has 3 nitrogen and oxygen atoms in total. The largest absolute Gasteiger partial charge is 0.496 e. The van der Waals surface area contributed by atoms with Crippen LogP contribution in [0.2, 0.25) is 0 Å². The molecule has 25 heavy (non-hydrogen) atoms. The van der Waals surface area contributed by atoms with Gasteiger partial charge in [-0.2, -0.15) is 0 Å². The third kappa shape index (κ3) is 5.48. The second-order valence-corrected chi connectivity index (χ2v) is 6.45. The molecule has 0 unspecified atom stereocenters. The first-order chi connectivity index (χ1) is 12.0. The van der Waals surface area contributed by atoms with Gasteiger partial charge in [0.2, 0.25) is 0 Å². The molecule has 138 valence electrons. The van der Waals surface area contributed by atoms with E-state index in [1.54, 1.807) is 20.3 Å². The van der Waals surface area contributed by atoms with Crippen molar-refractivity contribution in [2.24, 2.45) is 5.92 Å². The van der Waals surface area contributed by atoms with Crippen LogP contribution in [-0.4, -0.2) is 20.0 Å². The van der Waals surface area contributed by atoms with Crippen molar-refractivity contribution in [3.05, 3.63) is 48.6 Å². The highest BCUT2D eigenvalue weighted by atomic mass is 16.5. The minimum absolute atomic E-state index is 0.0804. The fraction of sp³-hybridized carbons (Fsp3) is 0.500. The third-order valence-corrected chi connectivity index (χ3v) is 4.56. The van der Waals surface area contributed by atoms with Gasteiger partial charge in [-0.15, -0.1) is 13.2 Å². The number of carbonyl (C=O) groups excluding carboxylic acids is 1. The average Bonchev–Trinajstić information content (AvgIpc) is 2.63. The predicted molar refractivity (Wildman–Crippen MR) is 105 cm³/mol. The van der Waals surface area contributed by atoms with Gasteiger partial charge in [0.25, 0.3) is 0 Å². The number of methoxy groups -OCH3 is 2. The van der Waals surface area contributed by atoms with Crippen molar-refractivity contribution in [2.75, 3.05) is 14.2 Å². The lowest BCUT2D eigenvalue weighted by molar-refractivity contribution is 0.0930.